The van der Waals surface area contributed by atoms with Crippen LogP contribution < -0.4 is 5.32 Å². The molecule has 1 aliphatic heterocycles. The first-order valence-corrected chi connectivity index (χ1v) is 8.05. The van der Waals surface area contributed by atoms with Crippen LogP contribution in [0.15, 0.2) is 28.7 Å². The summed E-state index contributed by atoms with van der Waals surface area (Å²) in [6, 6.07) is 9.54. The lowest BCUT2D eigenvalue weighted by Gasteiger charge is -2.50. The van der Waals surface area contributed by atoms with Crippen LogP contribution in [-0.2, 0) is 10.2 Å². The van der Waals surface area contributed by atoms with E-state index in [9.17, 15) is 0 Å². The lowest BCUT2D eigenvalue weighted by molar-refractivity contribution is -0.0988. The van der Waals surface area contributed by atoms with Crippen molar-refractivity contribution < 1.29 is 4.74 Å². The van der Waals surface area contributed by atoms with E-state index < -0.39 is 0 Å². The molecule has 2 nitrogen and oxygen atoms in total. The lowest BCUT2D eigenvalue weighted by Crippen LogP contribution is -2.54. The fourth-order valence-electron chi connectivity index (χ4n) is 3.69. The number of nitrogens with one attached hydrogen (secondary N) is 1. The zero-order valence-electron chi connectivity index (χ0n) is 11.5. The highest BCUT2D eigenvalue weighted by Gasteiger charge is 2.47. The smallest absolute Gasteiger partial charge is 0.0588 e. The third kappa shape index (κ3) is 2.48. The van der Waals surface area contributed by atoms with Gasteiger partial charge >= 0.3 is 0 Å². The van der Waals surface area contributed by atoms with Crippen LogP contribution in [0.25, 0.3) is 0 Å². The van der Waals surface area contributed by atoms with Gasteiger partial charge in [0.05, 0.1) is 13.2 Å². The molecule has 1 aromatic rings. The molecule has 1 saturated carbocycles. The molecular weight excluding hydrogens is 302 g/mol. The minimum Gasteiger partial charge on any atom is -0.379 e. The largest absolute Gasteiger partial charge is 0.379 e. The third-order valence-electron chi connectivity index (χ3n) is 5.04. The summed E-state index contributed by atoms with van der Waals surface area (Å²) >= 11 is 3.60. The van der Waals surface area contributed by atoms with Gasteiger partial charge in [-0.2, -0.15) is 0 Å². The predicted molar refractivity (Wildman–Crippen MR) is 81.4 cm³/mol. The molecule has 1 aromatic carbocycles. The molecule has 1 aliphatic carbocycles. The highest BCUT2D eigenvalue weighted by Crippen LogP contribution is 2.46. The van der Waals surface area contributed by atoms with Gasteiger partial charge in [-0.25, -0.2) is 0 Å². The van der Waals surface area contributed by atoms with Crippen molar-refractivity contribution in [3.63, 3.8) is 0 Å². The van der Waals surface area contributed by atoms with E-state index in [0.717, 1.165) is 25.2 Å². The van der Waals surface area contributed by atoms with Crippen molar-refractivity contribution >= 4 is 15.9 Å². The molecule has 1 saturated heterocycles. The van der Waals surface area contributed by atoms with Crippen LogP contribution in [0, 0.1) is 5.92 Å². The normalized spacial score (nSPS) is 29.8. The first-order valence-electron chi connectivity index (χ1n) is 7.26. The van der Waals surface area contributed by atoms with Gasteiger partial charge in [0.25, 0.3) is 0 Å². The lowest BCUT2D eigenvalue weighted by atomic mass is 9.63. The van der Waals surface area contributed by atoms with Gasteiger partial charge in [-0.1, -0.05) is 28.1 Å². The Morgan fingerprint density at radius 3 is 2.47 bits per heavy atom. The molecule has 0 atom stereocenters. The minimum absolute atomic E-state index is 0.280. The molecule has 2 fully saturated rings. The molecule has 2 aliphatic rings. The van der Waals surface area contributed by atoms with Crippen LogP contribution in [0.5, 0.6) is 0 Å². The number of hydrogen-bond donors (Lipinski definition) is 1. The Labute approximate surface area is 124 Å². The zero-order chi connectivity index (χ0) is 13.3. The third-order valence-corrected chi connectivity index (χ3v) is 5.53. The number of benzene rings is 1. The Morgan fingerprint density at radius 2 is 1.95 bits per heavy atom. The van der Waals surface area contributed by atoms with E-state index in [4.69, 9.17) is 4.74 Å². The summed E-state index contributed by atoms with van der Waals surface area (Å²) in [5.41, 5.74) is 1.74. The maximum absolute atomic E-state index is 5.61. The van der Waals surface area contributed by atoms with E-state index in [0.29, 0.717) is 0 Å². The van der Waals surface area contributed by atoms with Crippen LogP contribution in [0.3, 0.4) is 0 Å². The molecule has 3 rings (SSSR count). The molecule has 1 heterocycles. The molecule has 3 heteroatoms. The molecule has 104 valence electrons. The summed E-state index contributed by atoms with van der Waals surface area (Å²) in [4.78, 5) is 0. The Morgan fingerprint density at radius 1 is 1.21 bits per heavy atom. The highest BCUT2D eigenvalue weighted by atomic mass is 79.9. The maximum atomic E-state index is 5.61. The van der Waals surface area contributed by atoms with Gasteiger partial charge in [0.1, 0.15) is 0 Å². The van der Waals surface area contributed by atoms with Crippen LogP contribution in [-0.4, -0.2) is 26.3 Å². The van der Waals surface area contributed by atoms with Crippen molar-refractivity contribution in [3.8, 4) is 0 Å². The van der Waals surface area contributed by atoms with E-state index >= 15 is 0 Å². The first-order chi connectivity index (χ1) is 9.24. The van der Waals surface area contributed by atoms with Gasteiger partial charge in [-0.05, 0) is 56.3 Å². The van der Waals surface area contributed by atoms with Crippen molar-refractivity contribution in [2.75, 3.05) is 20.3 Å². The summed E-state index contributed by atoms with van der Waals surface area (Å²) in [5.74, 6) is 0.778. The van der Waals surface area contributed by atoms with Gasteiger partial charge in [0, 0.05) is 15.9 Å². The maximum Gasteiger partial charge on any atom is 0.0588 e. The summed E-state index contributed by atoms with van der Waals surface area (Å²) in [7, 11) is 2.08. The van der Waals surface area contributed by atoms with Crippen LogP contribution >= 0.6 is 15.9 Å². The summed E-state index contributed by atoms with van der Waals surface area (Å²) < 4.78 is 6.79. The van der Waals surface area contributed by atoms with Crippen molar-refractivity contribution in [1.29, 1.82) is 0 Å². The van der Waals surface area contributed by atoms with E-state index in [-0.39, 0.29) is 5.41 Å². The molecule has 0 radical (unpaired) electrons. The zero-order valence-corrected chi connectivity index (χ0v) is 13.1. The van der Waals surface area contributed by atoms with E-state index in [1.807, 2.05) is 0 Å². The number of rotatable bonds is 3. The standard InChI is InChI=1S/C16H22BrNO/c1-18-15-7-5-12(6-8-15)16(10-19-11-16)13-3-2-4-14(17)9-13/h2-4,9,12,15,18H,5-8,10-11H2,1H3. The predicted octanol–water partition coefficient (Wildman–Crippen LogP) is 3.50. The second kappa shape index (κ2) is 5.55. The molecule has 0 spiro atoms. The van der Waals surface area contributed by atoms with E-state index in [2.05, 4.69) is 52.6 Å². The SMILES string of the molecule is CNC1CCC(C2(c3cccc(Br)c3)COC2)CC1. The first kappa shape index (κ1) is 13.6. The molecule has 19 heavy (non-hydrogen) atoms. The molecule has 0 unspecified atom stereocenters. The van der Waals surface area contributed by atoms with Crippen molar-refractivity contribution in [1.82, 2.24) is 5.32 Å². The topological polar surface area (TPSA) is 21.3 Å². The molecule has 1 N–H and O–H groups in total. The average Bonchev–Trinajstić information content (AvgIpc) is 2.38. The van der Waals surface area contributed by atoms with E-state index in [1.165, 1.54) is 35.7 Å². The average molecular weight is 324 g/mol. The van der Waals surface area contributed by atoms with Gasteiger partial charge < -0.3 is 10.1 Å². The van der Waals surface area contributed by atoms with E-state index in [1.54, 1.807) is 0 Å². The van der Waals surface area contributed by atoms with Crippen LogP contribution in [0.4, 0.5) is 0 Å². The van der Waals surface area contributed by atoms with Gasteiger partial charge in [0.15, 0.2) is 0 Å². The Bertz CT molecular complexity index is 436. The fourth-order valence-corrected chi connectivity index (χ4v) is 4.09. The van der Waals surface area contributed by atoms with Crippen molar-refractivity contribution in [2.24, 2.45) is 5.92 Å². The summed E-state index contributed by atoms with van der Waals surface area (Å²) in [6.45, 7) is 1.80. The number of hydrogen-bond acceptors (Lipinski definition) is 2. The quantitative estimate of drug-likeness (QED) is 0.919. The second-order valence-electron chi connectivity index (χ2n) is 6.00. The number of halogens is 1. The Hall–Kier alpha value is -0.380. The second-order valence-corrected chi connectivity index (χ2v) is 6.91. The molecular formula is C16H22BrNO. The van der Waals surface area contributed by atoms with Gasteiger partial charge in [-0.15, -0.1) is 0 Å². The fraction of sp³-hybridized carbons (Fsp3) is 0.625. The van der Waals surface area contributed by atoms with Crippen molar-refractivity contribution in [3.05, 3.63) is 34.3 Å². The van der Waals surface area contributed by atoms with Crippen LogP contribution in [0.1, 0.15) is 31.2 Å². The molecule has 0 amide bonds. The Balaban J connectivity index is 1.80. The van der Waals surface area contributed by atoms with Crippen molar-refractivity contribution in [2.45, 2.75) is 37.1 Å². The molecule has 0 bridgehead atoms. The van der Waals surface area contributed by atoms with Crippen LogP contribution in [0.2, 0.25) is 0 Å². The highest BCUT2D eigenvalue weighted by molar-refractivity contribution is 9.10. The van der Waals surface area contributed by atoms with Gasteiger partial charge in [0.2, 0.25) is 0 Å². The summed E-state index contributed by atoms with van der Waals surface area (Å²) in [5, 5.41) is 3.42. The minimum atomic E-state index is 0.280. The Kier molecular flexibility index (Phi) is 3.97. The monoisotopic (exact) mass is 323 g/mol. The number of ether oxygens (including phenoxy) is 1. The summed E-state index contributed by atoms with van der Waals surface area (Å²) in [6.07, 6.45) is 5.25. The molecule has 0 aromatic heterocycles. The van der Waals surface area contributed by atoms with Gasteiger partial charge in [-0.3, -0.25) is 0 Å².